The largest absolute Gasteiger partial charge is 0.389 e. The fourth-order valence-electron chi connectivity index (χ4n) is 1.00. The predicted molar refractivity (Wildman–Crippen MR) is 47.4 cm³/mol. The van der Waals surface area contributed by atoms with Crippen molar-refractivity contribution in [2.45, 2.75) is 18.2 Å². The molecule has 0 unspecified atom stereocenters. The van der Waals surface area contributed by atoms with E-state index >= 15 is 0 Å². The first-order valence-electron chi connectivity index (χ1n) is 3.05. The second kappa shape index (κ2) is 5.99. The van der Waals surface area contributed by atoms with E-state index in [1.165, 1.54) is 0 Å². The standard InChI is InChI=1S/C5H12N2O2.2ClH/c6-1-3-5(9)4(8)2-7-3;;/h3-5,7-9H,1-2,6H2;2*1H/t3-,4-,5+;;/m0../s1. The number of nitrogens with one attached hydrogen (secondary N) is 1. The molecule has 1 saturated heterocycles. The van der Waals surface area contributed by atoms with Gasteiger partial charge in [0, 0.05) is 19.1 Å². The average molecular weight is 205 g/mol. The van der Waals surface area contributed by atoms with Gasteiger partial charge in [-0.3, -0.25) is 0 Å². The lowest BCUT2D eigenvalue weighted by Gasteiger charge is -2.12. The summed E-state index contributed by atoms with van der Waals surface area (Å²) in [5.74, 6) is 0. The van der Waals surface area contributed by atoms with E-state index in [-0.39, 0.29) is 30.9 Å². The van der Waals surface area contributed by atoms with E-state index in [4.69, 9.17) is 15.9 Å². The highest BCUT2D eigenvalue weighted by Crippen LogP contribution is 2.05. The number of halogens is 2. The van der Waals surface area contributed by atoms with Crippen LogP contribution in [0.3, 0.4) is 0 Å². The van der Waals surface area contributed by atoms with Crippen molar-refractivity contribution >= 4 is 24.8 Å². The third-order valence-corrected chi connectivity index (χ3v) is 1.65. The molecule has 1 heterocycles. The van der Waals surface area contributed by atoms with Gasteiger partial charge in [-0.2, -0.15) is 0 Å². The highest BCUT2D eigenvalue weighted by Gasteiger charge is 2.31. The number of rotatable bonds is 1. The van der Waals surface area contributed by atoms with Crippen LogP contribution in [0.15, 0.2) is 0 Å². The maximum Gasteiger partial charge on any atom is 0.0976 e. The Bertz CT molecular complexity index is 106. The third kappa shape index (κ3) is 3.11. The van der Waals surface area contributed by atoms with Gasteiger partial charge in [-0.1, -0.05) is 0 Å². The molecule has 1 aliphatic heterocycles. The molecule has 1 aliphatic rings. The molecule has 0 amide bonds. The lowest BCUT2D eigenvalue weighted by atomic mass is 10.1. The molecule has 5 N–H and O–H groups in total. The fraction of sp³-hybridized carbons (Fsp3) is 1.00. The maximum atomic E-state index is 9.06. The number of nitrogens with two attached hydrogens (primary N) is 1. The van der Waals surface area contributed by atoms with Crippen LogP contribution in [0.5, 0.6) is 0 Å². The fourth-order valence-corrected chi connectivity index (χ4v) is 1.00. The molecular weight excluding hydrogens is 191 g/mol. The monoisotopic (exact) mass is 204 g/mol. The number of aliphatic hydroxyl groups excluding tert-OH is 2. The lowest BCUT2D eigenvalue weighted by Crippen LogP contribution is -2.39. The molecule has 1 fully saturated rings. The molecule has 70 valence electrons. The second-order valence-electron chi connectivity index (χ2n) is 2.31. The van der Waals surface area contributed by atoms with Crippen LogP contribution in [0.25, 0.3) is 0 Å². The minimum Gasteiger partial charge on any atom is -0.389 e. The third-order valence-electron chi connectivity index (χ3n) is 1.65. The summed E-state index contributed by atoms with van der Waals surface area (Å²) >= 11 is 0. The molecule has 1 rings (SSSR count). The molecule has 0 aromatic rings. The van der Waals surface area contributed by atoms with Gasteiger partial charge in [0.2, 0.25) is 0 Å². The Morgan fingerprint density at radius 3 is 2.09 bits per heavy atom. The SMILES string of the molecule is Cl.Cl.NC[C@@H]1NC[C@H](O)[C@@H]1O. The van der Waals surface area contributed by atoms with Gasteiger partial charge in [0.25, 0.3) is 0 Å². The first kappa shape index (κ1) is 14.0. The molecule has 0 saturated carbocycles. The highest BCUT2D eigenvalue weighted by molar-refractivity contribution is 5.85. The highest BCUT2D eigenvalue weighted by atomic mass is 35.5. The molecular formula is C5H14Cl2N2O2. The Kier molecular flexibility index (Phi) is 7.61. The Morgan fingerprint density at radius 2 is 1.91 bits per heavy atom. The summed E-state index contributed by atoms with van der Waals surface area (Å²) in [5.41, 5.74) is 5.25. The average Bonchev–Trinajstić information content (AvgIpc) is 2.15. The zero-order valence-corrected chi connectivity index (χ0v) is 7.57. The molecule has 3 atom stereocenters. The minimum absolute atomic E-state index is 0. The van der Waals surface area contributed by atoms with Gasteiger partial charge < -0.3 is 21.3 Å². The van der Waals surface area contributed by atoms with Gasteiger partial charge in [0.15, 0.2) is 0 Å². The molecule has 11 heavy (non-hydrogen) atoms. The Labute approximate surface area is 78.0 Å². The topological polar surface area (TPSA) is 78.5 Å². The number of hydrogen-bond acceptors (Lipinski definition) is 4. The molecule has 0 aliphatic carbocycles. The van der Waals surface area contributed by atoms with Crippen molar-refractivity contribution in [1.82, 2.24) is 5.32 Å². The molecule has 0 spiro atoms. The second-order valence-corrected chi connectivity index (χ2v) is 2.31. The normalized spacial score (nSPS) is 35.7. The molecule has 4 nitrogen and oxygen atoms in total. The van der Waals surface area contributed by atoms with E-state index in [1.54, 1.807) is 0 Å². The van der Waals surface area contributed by atoms with Crippen LogP contribution in [-0.4, -0.2) is 41.6 Å². The summed E-state index contributed by atoms with van der Waals surface area (Å²) in [7, 11) is 0. The Hall–Kier alpha value is 0.420. The van der Waals surface area contributed by atoms with Crippen molar-refractivity contribution in [3.63, 3.8) is 0 Å². The minimum atomic E-state index is -0.685. The molecule has 0 bridgehead atoms. The van der Waals surface area contributed by atoms with E-state index in [1.807, 2.05) is 0 Å². The maximum absolute atomic E-state index is 9.06. The first-order chi connectivity index (χ1) is 4.25. The van der Waals surface area contributed by atoms with Crippen LogP contribution in [0, 0.1) is 0 Å². The van der Waals surface area contributed by atoms with Crippen LogP contribution in [0.2, 0.25) is 0 Å². The van der Waals surface area contributed by atoms with Crippen molar-refractivity contribution in [3.8, 4) is 0 Å². The van der Waals surface area contributed by atoms with E-state index < -0.39 is 12.2 Å². The van der Waals surface area contributed by atoms with Crippen molar-refractivity contribution < 1.29 is 10.2 Å². The van der Waals surface area contributed by atoms with Crippen LogP contribution in [-0.2, 0) is 0 Å². The van der Waals surface area contributed by atoms with Crippen LogP contribution < -0.4 is 11.1 Å². The van der Waals surface area contributed by atoms with Crippen molar-refractivity contribution in [3.05, 3.63) is 0 Å². The van der Waals surface area contributed by atoms with Gasteiger partial charge in [-0.05, 0) is 0 Å². The van der Waals surface area contributed by atoms with E-state index in [2.05, 4.69) is 5.32 Å². The number of hydrogen-bond donors (Lipinski definition) is 4. The Morgan fingerprint density at radius 1 is 1.36 bits per heavy atom. The predicted octanol–water partition coefficient (Wildman–Crippen LogP) is -1.52. The summed E-state index contributed by atoms with van der Waals surface area (Å²) < 4.78 is 0. The van der Waals surface area contributed by atoms with E-state index in [0.717, 1.165) is 0 Å². The van der Waals surface area contributed by atoms with Gasteiger partial charge in [-0.15, -0.1) is 24.8 Å². The number of aliphatic hydroxyl groups is 2. The molecule has 0 aromatic carbocycles. The van der Waals surface area contributed by atoms with E-state index in [0.29, 0.717) is 13.1 Å². The lowest BCUT2D eigenvalue weighted by molar-refractivity contribution is 0.0421. The van der Waals surface area contributed by atoms with Crippen LogP contribution >= 0.6 is 24.8 Å². The summed E-state index contributed by atoms with van der Waals surface area (Å²) in [4.78, 5) is 0. The summed E-state index contributed by atoms with van der Waals surface area (Å²) in [5, 5.41) is 20.9. The summed E-state index contributed by atoms with van der Waals surface area (Å²) in [6.07, 6.45) is -1.33. The molecule has 0 aromatic heterocycles. The molecule has 0 radical (unpaired) electrons. The first-order valence-corrected chi connectivity index (χ1v) is 3.05. The van der Waals surface area contributed by atoms with Crippen molar-refractivity contribution in [2.75, 3.05) is 13.1 Å². The summed E-state index contributed by atoms with van der Waals surface area (Å²) in [6, 6.07) is -0.125. The Balaban J connectivity index is 0. The number of β-amino-alcohol motifs (C(OH)–C–C–N with tert-alkyl or cyclic N) is 1. The van der Waals surface area contributed by atoms with Crippen molar-refractivity contribution in [1.29, 1.82) is 0 Å². The van der Waals surface area contributed by atoms with Crippen LogP contribution in [0.4, 0.5) is 0 Å². The van der Waals surface area contributed by atoms with Crippen molar-refractivity contribution in [2.24, 2.45) is 5.73 Å². The van der Waals surface area contributed by atoms with E-state index in [9.17, 15) is 0 Å². The molecule has 6 heteroatoms. The van der Waals surface area contributed by atoms with Crippen LogP contribution in [0.1, 0.15) is 0 Å². The summed E-state index contributed by atoms with van der Waals surface area (Å²) in [6.45, 7) is 0.821. The van der Waals surface area contributed by atoms with Gasteiger partial charge in [0.05, 0.1) is 12.2 Å². The van der Waals surface area contributed by atoms with Gasteiger partial charge >= 0.3 is 0 Å². The smallest absolute Gasteiger partial charge is 0.0976 e. The van der Waals surface area contributed by atoms with Gasteiger partial charge in [-0.25, -0.2) is 0 Å². The zero-order chi connectivity index (χ0) is 6.85. The quantitative estimate of drug-likeness (QED) is 0.419. The zero-order valence-electron chi connectivity index (χ0n) is 5.93. The van der Waals surface area contributed by atoms with Gasteiger partial charge in [0.1, 0.15) is 0 Å².